The highest BCUT2D eigenvalue weighted by Gasteiger charge is 2.38. The molecule has 0 spiro atoms. The molecule has 1 aliphatic carbocycles. The topological polar surface area (TPSA) is 117 Å². The van der Waals surface area contributed by atoms with E-state index in [4.69, 9.17) is 16.0 Å². The first-order valence-corrected chi connectivity index (χ1v) is 13.1. The van der Waals surface area contributed by atoms with Gasteiger partial charge in [-0.15, -0.1) is 11.6 Å². The van der Waals surface area contributed by atoms with Gasteiger partial charge in [-0.25, -0.2) is 9.59 Å². The normalized spacial score (nSPS) is 14.3. The van der Waals surface area contributed by atoms with Crippen molar-refractivity contribution in [2.45, 2.75) is 46.9 Å². The number of nitrogens with zero attached hydrogens (tertiary/aromatic N) is 2. The number of anilines is 1. The van der Waals surface area contributed by atoms with Crippen LogP contribution in [0.15, 0.2) is 55.8 Å². The van der Waals surface area contributed by atoms with Gasteiger partial charge in [0.1, 0.15) is 5.58 Å². The number of allylic oxidation sites excluding steroid dienone is 4. The van der Waals surface area contributed by atoms with Crippen LogP contribution in [0.4, 0.5) is 10.5 Å². The van der Waals surface area contributed by atoms with Gasteiger partial charge >= 0.3 is 11.7 Å². The van der Waals surface area contributed by atoms with Crippen LogP contribution in [-0.2, 0) is 20.3 Å². The van der Waals surface area contributed by atoms with Gasteiger partial charge in [-0.1, -0.05) is 13.8 Å². The Hall–Kier alpha value is -3.72. The largest absolute Gasteiger partial charge is 0.423 e. The van der Waals surface area contributed by atoms with Crippen LogP contribution in [0.2, 0.25) is 0 Å². The van der Waals surface area contributed by atoms with Gasteiger partial charge in [-0.3, -0.25) is 14.4 Å². The fraction of sp³-hybridized carbons (Fsp3) is 0.414. The van der Waals surface area contributed by atoms with E-state index >= 15 is 0 Å². The van der Waals surface area contributed by atoms with Gasteiger partial charge in [0.2, 0.25) is 5.91 Å². The molecule has 0 fully saturated rings. The molecule has 2 aromatic rings. The summed E-state index contributed by atoms with van der Waals surface area (Å²) in [6.07, 6.45) is 0.0318. The van der Waals surface area contributed by atoms with Crippen molar-refractivity contribution in [3.8, 4) is 0 Å². The van der Waals surface area contributed by atoms with Crippen LogP contribution in [-0.4, -0.2) is 60.5 Å². The summed E-state index contributed by atoms with van der Waals surface area (Å²) in [4.78, 5) is 66.1. The van der Waals surface area contributed by atoms with Crippen molar-refractivity contribution in [1.82, 2.24) is 9.80 Å². The molecule has 1 aliphatic rings. The van der Waals surface area contributed by atoms with Crippen LogP contribution >= 0.6 is 11.6 Å². The van der Waals surface area contributed by atoms with Gasteiger partial charge in [-0.2, -0.15) is 0 Å². The van der Waals surface area contributed by atoms with Crippen molar-refractivity contribution < 1.29 is 23.6 Å². The predicted molar refractivity (Wildman–Crippen MR) is 151 cm³/mol. The molecule has 1 heterocycles. The molecular formula is C29H34ClN3O6. The number of fused-ring (bicyclic) bond motifs is 1. The number of Topliss-reactive ketones (excluding diaryl/α,β-unsaturated/α-hetero) is 2. The number of ketones is 2. The van der Waals surface area contributed by atoms with Crippen molar-refractivity contribution in [2.24, 2.45) is 5.41 Å². The van der Waals surface area contributed by atoms with E-state index in [1.807, 2.05) is 0 Å². The molecule has 3 rings (SSSR count). The first-order chi connectivity index (χ1) is 18.2. The zero-order valence-electron chi connectivity index (χ0n) is 23.4. The fourth-order valence-electron chi connectivity index (χ4n) is 4.67. The zero-order valence-corrected chi connectivity index (χ0v) is 24.1. The maximum atomic E-state index is 13.1. The Morgan fingerprint density at radius 1 is 0.923 bits per heavy atom. The van der Waals surface area contributed by atoms with Crippen molar-refractivity contribution in [1.29, 1.82) is 0 Å². The number of carbonyl (C=O) groups is 4. The Labute approximate surface area is 232 Å². The summed E-state index contributed by atoms with van der Waals surface area (Å²) < 4.78 is 5.24. The lowest BCUT2D eigenvalue weighted by Gasteiger charge is -2.33. The number of nitrogens with one attached hydrogen (secondary N) is 1. The molecule has 10 heteroatoms. The number of alkyl halides is 1. The third-order valence-corrected chi connectivity index (χ3v) is 7.51. The Kier molecular flexibility index (Phi) is 8.85. The average molecular weight is 556 g/mol. The summed E-state index contributed by atoms with van der Waals surface area (Å²) >= 11 is 5.91. The number of likely N-dealkylation sites (N-methyl/N-ethyl adjacent to an activating group) is 2. The molecule has 3 amide bonds. The first-order valence-electron chi connectivity index (χ1n) is 12.5. The molecule has 9 nitrogen and oxygen atoms in total. The number of benzene rings is 1. The molecule has 0 atom stereocenters. The number of halogens is 1. The van der Waals surface area contributed by atoms with Crippen LogP contribution in [0, 0.1) is 5.41 Å². The van der Waals surface area contributed by atoms with Gasteiger partial charge in [0.15, 0.2) is 11.6 Å². The van der Waals surface area contributed by atoms with Crippen LogP contribution < -0.4 is 10.9 Å². The molecule has 1 aromatic heterocycles. The molecule has 1 N–H and O–H groups in total. The van der Waals surface area contributed by atoms with Crippen LogP contribution in [0.5, 0.6) is 0 Å². The molecule has 0 bridgehead atoms. The van der Waals surface area contributed by atoms with E-state index in [1.165, 1.54) is 15.9 Å². The maximum absolute atomic E-state index is 13.1. The minimum absolute atomic E-state index is 0.0318. The Bertz CT molecular complexity index is 1480. The second-order valence-electron chi connectivity index (χ2n) is 10.6. The van der Waals surface area contributed by atoms with Crippen molar-refractivity contribution in [3.63, 3.8) is 0 Å². The highest BCUT2D eigenvalue weighted by atomic mass is 35.5. The SMILES string of the molecule is CC1=C(C)C(=O)C(C(C)(C)CC(=O)N(C)CCN(C)C(=O)Nc2ccc3c(CCl)cc(=O)oc3c2)=C(C)C1=O. The molecule has 0 aliphatic heterocycles. The Morgan fingerprint density at radius 2 is 1.54 bits per heavy atom. The summed E-state index contributed by atoms with van der Waals surface area (Å²) in [7, 11) is 3.23. The second kappa shape index (κ2) is 11.6. The predicted octanol–water partition coefficient (Wildman–Crippen LogP) is 4.67. The third-order valence-electron chi connectivity index (χ3n) is 7.22. The summed E-state index contributed by atoms with van der Waals surface area (Å²) in [5.74, 6) is -0.426. The summed E-state index contributed by atoms with van der Waals surface area (Å²) in [6, 6.07) is 5.90. The van der Waals surface area contributed by atoms with E-state index in [-0.39, 0.29) is 42.9 Å². The molecule has 0 unspecified atom stereocenters. The van der Waals surface area contributed by atoms with Gasteiger partial charge < -0.3 is 19.5 Å². The lowest BCUT2D eigenvalue weighted by atomic mass is 9.71. The van der Waals surface area contributed by atoms with E-state index in [2.05, 4.69) is 5.32 Å². The van der Waals surface area contributed by atoms with Gasteiger partial charge in [0.25, 0.3) is 0 Å². The average Bonchev–Trinajstić information content (AvgIpc) is 2.87. The quantitative estimate of drug-likeness (QED) is 0.287. The molecule has 208 valence electrons. The summed E-state index contributed by atoms with van der Waals surface area (Å²) in [6.45, 7) is 8.99. The fourth-order valence-corrected chi connectivity index (χ4v) is 4.89. The number of amides is 3. The van der Waals surface area contributed by atoms with Crippen molar-refractivity contribution in [2.75, 3.05) is 32.5 Å². The number of rotatable bonds is 8. The monoisotopic (exact) mass is 555 g/mol. The van der Waals surface area contributed by atoms with Gasteiger partial charge in [0.05, 0.1) is 0 Å². The standard InChI is InChI=1S/C29H34ClN3O6/c1-16-17(2)27(37)25(18(3)26(16)36)29(4,5)14-23(34)32(6)10-11-33(7)28(38)31-20-8-9-21-19(15-30)12-24(35)39-22(21)13-20/h8-9,12-13H,10-11,14-15H2,1-7H3,(H,31,38). The van der Waals surface area contributed by atoms with Crippen LogP contribution in [0.3, 0.4) is 0 Å². The molecule has 0 saturated carbocycles. The number of carbonyl (C=O) groups excluding carboxylic acids is 4. The molecule has 39 heavy (non-hydrogen) atoms. The Balaban J connectivity index is 1.61. The Morgan fingerprint density at radius 3 is 2.18 bits per heavy atom. The third kappa shape index (κ3) is 6.30. The second-order valence-corrected chi connectivity index (χ2v) is 10.8. The molecule has 0 radical (unpaired) electrons. The van der Waals surface area contributed by atoms with Gasteiger partial charge in [-0.05, 0) is 38.5 Å². The first kappa shape index (κ1) is 29.8. The maximum Gasteiger partial charge on any atom is 0.336 e. The van der Waals surface area contributed by atoms with Crippen LogP contribution in [0.25, 0.3) is 11.0 Å². The lowest BCUT2D eigenvalue weighted by molar-refractivity contribution is -0.131. The van der Waals surface area contributed by atoms with E-state index in [1.54, 1.807) is 66.9 Å². The molecule has 0 saturated heterocycles. The van der Waals surface area contributed by atoms with E-state index in [0.29, 0.717) is 44.5 Å². The number of hydrogen-bond donors (Lipinski definition) is 1. The van der Waals surface area contributed by atoms with Gasteiger partial charge in [0, 0.05) is 90.4 Å². The minimum Gasteiger partial charge on any atom is -0.423 e. The minimum atomic E-state index is -0.845. The van der Waals surface area contributed by atoms with E-state index in [9.17, 15) is 24.0 Å². The highest BCUT2D eigenvalue weighted by molar-refractivity contribution is 6.25. The van der Waals surface area contributed by atoms with Crippen molar-refractivity contribution >= 4 is 51.8 Å². The lowest BCUT2D eigenvalue weighted by Crippen LogP contribution is -2.41. The van der Waals surface area contributed by atoms with E-state index in [0.717, 1.165) is 0 Å². The summed E-state index contributed by atoms with van der Waals surface area (Å²) in [5.41, 5.74) is 1.63. The smallest absolute Gasteiger partial charge is 0.336 e. The number of hydrogen-bond acceptors (Lipinski definition) is 6. The van der Waals surface area contributed by atoms with Crippen molar-refractivity contribution in [3.05, 3.63) is 62.5 Å². The summed E-state index contributed by atoms with van der Waals surface area (Å²) in [5, 5.41) is 3.44. The molecule has 1 aromatic carbocycles. The highest BCUT2D eigenvalue weighted by Crippen LogP contribution is 2.39. The number of urea groups is 1. The van der Waals surface area contributed by atoms with E-state index < -0.39 is 17.1 Å². The van der Waals surface area contributed by atoms with Crippen LogP contribution in [0.1, 0.15) is 46.6 Å². The molecular weight excluding hydrogens is 522 g/mol. The zero-order chi connectivity index (χ0) is 29.2.